The third kappa shape index (κ3) is 6.38. The number of carbonyl (C=O) groups is 1. The molecule has 2 heterocycles. The van der Waals surface area contributed by atoms with Crippen LogP contribution in [-0.4, -0.2) is 51.3 Å². The largest absolute Gasteiger partial charge is 0.449 e. The van der Waals surface area contributed by atoms with Crippen LogP contribution in [-0.2, 0) is 9.47 Å². The minimum absolute atomic E-state index is 0.00330. The van der Waals surface area contributed by atoms with Crippen molar-refractivity contribution in [3.8, 4) is 6.07 Å². The van der Waals surface area contributed by atoms with Crippen molar-refractivity contribution >= 4 is 11.9 Å². The van der Waals surface area contributed by atoms with Gasteiger partial charge in [-0.05, 0) is 25.3 Å². The molecule has 3 N–H and O–H groups in total. The van der Waals surface area contributed by atoms with Crippen LogP contribution in [0.5, 0.6) is 0 Å². The number of rotatable bonds is 11. The average molecular weight is 420 g/mol. The van der Waals surface area contributed by atoms with Gasteiger partial charge in [-0.1, -0.05) is 25.3 Å². The van der Waals surface area contributed by atoms with Crippen LogP contribution in [0.2, 0.25) is 0 Å². The van der Waals surface area contributed by atoms with E-state index in [1.807, 2.05) is 12.1 Å². The zero-order valence-electron chi connectivity index (χ0n) is 16.8. The topological polar surface area (TPSA) is 147 Å². The van der Waals surface area contributed by atoms with Gasteiger partial charge in [0.2, 0.25) is 0 Å². The van der Waals surface area contributed by atoms with Gasteiger partial charge in [0.25, 0.3) is 0 Å². The molecule has 10 heteroatoms. The van der Waals surface area contributed by atoms with Crippen LogP contribution in [0.25, 0.3) is 0 Å². The Morgan fingerprint density at radius 2 is 2.13 bits per heavy atom. The molecule has 1 amide bonds. The molecule has 1 aromatic rings. The van der Waals surface area contributed by atoms with Gasteiger partial charge in [0.05, 0.1) is 19.3 Å². The van der Waals surface area contributed by atoms with Gasteiger partial charge in [0.1, 0.15) is 23.9 Å². The standard InChI is InChI=1S/C20H28N4O6/c1-2-3-4-5-6-7-8-11-29-20(28)23-16-9-10-24(19(27)22-16)18-14(12-21)17(26)15(13-25)30-18/h2,9-10,14-15,17-18,25-26H,1,3-8,11,13H2,(H,22,23,27,28)/t14-,15+,17-,18+/m0/s1. The molecule has 1 aliphatic rings. The van der Waals surface area contributed by atoms with Crippen LogP contribution in [0.3, 0.4) is 0 Å². The number of aliphatic hydroxyl groups excluding tert-OH is 2. The predicted molar refractivity (Wildman–Crippen MR) is 107 cm³/mol. The molecule has 10 nitrogen and oxygen atoms in total. The number of anilines is 1. The number of ether oxygens (including phenoxy) is 2. The zero-order valence-corrected chi connectivity index (χ0v) is 16.8. The number of nitrogens with zero attached hydrogens (tertiary/aromatic N) is 3. The van der Waals surface area contributed by atoms with E-state index in [2.05, 4.69) is 16.9 Å². The SMILES string of the molecule is C=CCCCCCCCOC(=O)Nc1ccn([C@@H]2O[C@H](CO)[C@@H](O)[C@@H]2C#N)c(=O)n1. The van der Waals surface area contributed by atoms with Crippen molar-refractivity contribution in [3.63, 3.8) is 0 Å². The molecular formula is C20H28N4O6. The van der Waals surface area contributed by atoms with Crippen molar-refractivity contribution in [3.05, 3.63) is 35.4 Å². The van der Waals surface area contributed by atoms with E-state index in [0.717, 1.165) is 43.1 Å². The van der Waals surface area contributed by atoms with E-state index in [1.54, 1.807) is 0 Å². The fourth-order valence-electron chi connectivity index (χ4n) is 3.18. The van der Waals surface area contributed by atoms with Gasteiger partial charge >= 0.3 is 11.8 Å². The Kier molecular flexibility index (Phi) is 9.47. The molecule has 0 saturated carbocycles. The molecule has 0 aliphatic carbocycles. The lowest BCUT2D eigenvalue weighted by atomic mass is 10.0. The second kappa shape index (κ2) is 12.1. The molecule has 0 bridgehead atoms. The van der Waals surface area contributed by atoms with Gasteiger partial charge in [-0.15, -0.1) is 6.58 Å². The van der Waals surface area contributed by atoms with Gasteiger partial charge in [0, 0.05) is 6.20 Å². The first-order valence-corrected chi connectivity index (χ1v) is 9.99. The summed E-state index contributed by atoms with van der Waals surface area (Å²) in [5.74, 6) is -1.04. The Morgan fingerprint density at radius 3 is 2.80 bits per heavy atom. The third-order valence-corrected chi connectivity index (χ3v) is 4.82. The minimum Gasteiger partial charge on any atom is -0.449 e. The summed E-state index contributed by atoms with van der Waals surface area (Å²) in [6.45, 7) is 3.46. The van der Waals surface area contributed by atoms with E-state index in [0.29, 0.717) is 0 Å². The molecule has 2 rings (SSSR count). The third-order valence-electron chi connectivity index (χ3n) is 4.82. The second-order valence-electron chi connectivity index (χ2n) is 7.00. The Hall–Kier alpha value is -2.74. The van der Waals surface area contributed by atoms with Crippen LogP contribution in [0.4, 0.5) is 10.6 Å². The maximum absolute atomic E-state index is 12.3. The number of carbonyl (C=O) groups excluding carboxylic acids is 1. The van der Waals surface area contributed by atoms with Gasteiger partial charge in [-0.3, -0.25) is 9.88 Å². The molecule has 30 heavy (non-hydrogen) atoms. The molecule has 1 aromatic heterocycles. The summed E-state index contributed by atoms with van der Waals surface area (Å²) in [6.07, 6.45) is 5.22. The molecule has 4 atom stereocenters. The minimum atomic E-state index is -1.23. The molecule has 1 aliphatic heterocycles. The molecule has 0 spiro atoms. The first kappa shape index (κ1) is 23.5. The van der Waals surface area contributed by atoms with E-state index < -0.39 is 42.7 Å². The number of hydrogen-bond acceptors (Lipinski definition) is 8. The fraction of sp³-hybridized carbons (Fsp3) is 0.600. The van der Waals surface area contributed by atoms with E-state index in [-0.39, 0.29) is 12.4 Å². The highest BCUT2D eigenvalue weighted by molar-refractivity contribution is 5.83. The molecular weight excluding hydrogens is 392 g/mol. The smallest absolute Gasteiger partial charge is 0.412 e. The summed E-state index contributed by atoms with van der Waals surface area (Å²) in [4.78, 5) is 27.9. The van der Waals surface area contributed by atoms with Crippen molar-refractivity contribution in [2.45, 2.75) is 57.0 Å². The lowest BCUT2D eigenvalue weighted by molar-refractivity contribution is -0.0469. The zero-order chi connectivity index (χ0) is 21.9. The molecule has 0 unspecified atom stereocenters. The average Bonchev–Trinajstić information content (AvgIpc) is 3.05. The summed E-state index contributed by atoms with van der Waals surface area (Å²) in [6, 6.07) is 3.24. The van der Waals surface area contributed by atoms with Crippen LogP contribution >= 0.6 is 0 Å². The Morgan fingerprint density at radius 1 is 1.40 bits per heavy atom. The number of allylic oxidation sites excluding steroid dienone is 1. The Bertz CT molecular complexity index is 805. The lowest BCUT2D eigenvalue weighted by Crippen LogP contribution is -2.32. The van der Waals surface area contributed by atoms with Crippen molar-refractivity contribution in [1.82, 2.24) is 9.55 Å². The van der Waals surface area contributed by atoms with E-state index in [9.17, 15) is 25.1 Å². The Labute approximate surface area is 174 Å². The van der Waals surface area contributed by atoms with Crippen molar-refractivity contribution in [2.24, 2.45) is 5.92 Å². The maximum atomic E-state index is 12.3. The molecule has 1 saturated heterocycles. The van der Waals surface area contributed by atoms with Gasteiger partial charge in [-0.25, -0.2) is 9.59 Å². The summed E-state index contributed by atoms with van der Waals surface area (Å²) in [7, 11) is 0. The highest BCUT2D eigenvalue weighted by Crippen LogP contribution is 2.33. The summed E-state index contributed by atoms with van der Waals surface area (Å²) in [5, 5.41) is 30.8. The summed E-state index contributed by atoms with van der Waals surface area (Å²) < 4.78 is 11.5. The monoisotopic (exact) mass is 420 g/mol. The number of hydrogen-bond donors (Lipinski definition) is 3. The number of amides is 1. The van der Waals surface area contributed by atoms with Gasteiger partial charge in [-0.2, -0.15) is 10.2 Å². The molecule has 1 fully saturated rings. The highest BCUT2D eigenvalue weighted by Gasteiger charge is 2.45. The summed E-state index contributed by atoms with van der Waals surface area (Å²) >= 11 is 0. The lowest BCUT2D eigenvalue weighted by Gasteiger charge is -2.16. The van der Waals surface area contributed by atoms with Gasteiger partial charge < -0.3 is 19.7 Å². The highest BCUT2D eigenvalue weighted by atomic mass is 16.6. The second-order valence-corrected chi connectivity index (χ2v) is 7.00. The number of nitriles is 1. The van der Waals surface area contributed by atoms with E-state index in [4.69, 9.17) is 9.47 Å². The molecule has 0 radical (unpaired) electrons. The van der Waals surface area contributed by atoms with Gasteiger partial charge in [0.15, 0.2) is 6.23 Å². The number of nitrogens with one attached hydrogen (secondary N) is 1. The predicted octanol–water partition coefficient (Wildman–Crippen LogP) is 1.71. The summed E-state index contributed by atoms with van der Waals surface area (Å²) in [5.41, 5.74) is -0.775. The molecule has 0 aromatic carbocycles. The van der Waals surface area contributed by atoms with E-state index >= 15 is 0 Å². The normalized spacial score (nSPS) is 23.0. The van der Waals surface area contributed by atoms with Crippen molar-refractivity contribution in [1.29, 1.82) is 5.26 Å². The maximum Gasteiger partial charge on any atom is 0.412 e. The van der Waals surface area contributed by atoms with Crippen LogP contribution in [0.1, 0.15) is 44.8 Å². The van der Waals surface area contributed by atoms with Crippen molar-refractivity contribution in [2.75, 3.05) is 18.5 Å². The van der Waals surface area contributed by atoms with Crippen LogP contribution in [0.15, 0.2) is 29.7 Å². The first-order chi connectivity index (χ1) is 14.5. The molecule has 164 valence electrons. The Balaban J connectivity index is 1.83. The number of aliphatic hydroxyl groups is 2. The first-order valence-electron chi connectivity index (χ1n) is 9.99. The quantitative estimate of drug-likeness (QED) is 0.362. The van der Waals surface area contributed by atoms with E-state index in [1.165, 1.54) is 12.3 Å². The number of unbranched alkanes of at least 4 members (excludes halogenated alkanes) is 5. The number of aromatic nitrogens is 2. The van der Waals surface area contributed by atoms with Crippen LogP contribution in [0, 0.1) is 17.2 Å². The van der Waals surface area contributed by atoms with Crippen LogP contribution < -0.4 is 11.0 Å². The fourth-order valence-corrected chi connectivity index (χ4v) is 3.18. The van der Waals surface area contributed by atoms with Crippen molar-refractivity contribution < 1.29 is 24.5 Å².